The molecule has 1 aromatic heterocycles. The van der Waals surface area contributed by atoms with Crippen molar-refractivity contribution in [3.63, 3.8) is 0 Å². The Labute approximate surface area is 97.5 Å². The minimum absolute atomic E-state index is 0.289. The van der Waals surface area contributed by atoms with E-state index < -0.39 is 6.10 Å². The van der Waals surface area contributed by atoms with Crippen LogP contribution in [0.3, 0.4) is 0 Å². The van der Waals surface area contributed by atoms with Crippen LogP contribution in [0.2, 0.25) is 0 Å². The number of hydrogen-bond acceptors (Lipinski definition) is 3. The molecule has 0 radical (unpaired) electrons. The molecular formula is C12H11FN2O2. The van der Waals surface area contributed by atoms with Gasteiger partial charge in [-0.1, -0.05) is 12.1 Å². The maximum absolute atomic E-state index is 12.7. The number of aromatic nitrogens is 2. The van der Waals surface area contributed by atoms with Crippen LogP contribution < -0.4 is 0 Å². The fourth-order valence-corrected chi connectivity index (χ4v) is 1.58. The van der Waals surface area contributed by atoms with Crippen LogP contribution >= 0.6 is 0 Å². The highest BCUT2D eigenvalue weighted by molar-refractivity contribution is 5.38. The molecule has 0 aliphatic heterocycles. The van der Waals surface area contributed by atoms with Crippen LogP contribution in [0.25, 0.3) is 0 Å². The Kier molecular flexibility index (Phi) is 3.49. The standard InChI is InChI=1S/C12H11FN2O2/c13-10-3-1-9(2-4-10)5-12(17-8-16)11-6-14-7-15-11/h1-4,6-8,12H,5H2,(H,14,15). The van der Waals surface area contributed by atoms with Crippen molar-refractivity contribution >= 4 is 6.47 Å². The van der Waals surface area contributed by atoms with Crippen molar-refractivity contribution < 1.29 is 13.9 Å². The van der Waals surface area contributed by atoms with Crippen molar-refractivity contribution in [3.8, 4) is 0 Å². The normalized spacial score (nSPS) is 12.1. The second kappa shape index (κ2) is 5.25. The Morgan fingerprint density at radius 3 is 2.76 bits per heavy atom. The zero-order chi connectivity index (χ0) is 12.1. The molecular weight excluding hydrogens is 223 g/mol. The Hall–Kier alpha value is -2.17. The molecule has 0 saturated heterocycles. The van der Waals surface area contributed by atoms with Crippen molar-refractivity contribution in [1.82, 2.24) is 9.97 Å². The second-order valence-electron chi connectivity index (χ2n) is 3.56. The lowest BCUT2D eigenvalue weighted by atomic mass is 10.1. The fraction of sp³-hybridized carbons (Fsp3) is 0.167. The van der Waals surface area contributed by atoms with Gasteiger partial charge in [0.1, 0.15) is 11.9 Å². The van der Waals surface area contributed by atoms with Crippen molar-refractivity contribution in [1.29, 1.82) is 0 Å². The van der Waals surface area contributed by atoms with E-state index in [2.05, 4.69) is 9.97 Å². The lowest BCUT2D eigenvalue weighted by molar-refractivity contribution is -0.134. The van der Waals surface area contributed by atoms with Gasteiger partial charge in [-0.05, 0) is 17.7 Å². The van der Waals surface area contributed by atoms with Crippen molar-refractivity contribution in [2.45, 2.75) is 12.5 Å². The molecule has 2 rings (SSSR count). The summed E-state index contributed by atoms with van der Waals surface area (Å²) in [4.78, 5) is 17.2. The summed E-state index contributed by atoms with van der Waals surface area (Å²) in [6.45, 7) is 0.398. The van der Waals surface area contributed by atoms with Gasteiger partial charge in [-0.15, -0.1) is 0 Å². The van der Waals surface area contributed by atoms with E-state index in [9.17, 15) is 9.18 Å². The van der Waals surface area contributed by atoms with Crippen LogP contribution in [0, 0.1) is 5.82 Å². The van der Waals surface area contributed by atoms with E-state index in [4.69, 9.17) is 4.74 Å². The number of nitrogens with zero attached hydrogens (tertiary/aromatic N) is 1. The maximum atomic E-state index is 12.7. The molecule has 1 unspecified atom stereocenters. The first kappa shape index (κ1) is 11.3. The molecule has 1 aromatic carbocycles. The monoisotopic (exact) mass is 234 g/mol. The molecule has 1 atom stereocenters. The molecule has 2 aromatic rings. The van der Waals surface area contributed by atoms with Crippen molar-refractivity contribution in [3.05, 3.63) is 53.9 Å². The molecule has 1 N–H and O–H groups in total. The zero-order valence-corrected chi connectivity index (χ0v) is 8.97. The van der Waals surface area contributed by atoms with E-state index >= 15 is 0 Å². The first-order valence-corrected chi connectivity index (χ1v) is 5.11. The van der Waals surface area contributed by atoms with E-state index in [1.165, 1.54) is 18.5 Å². The van der Waals surface area contributed by atoms with Gasteiger partial charge in [0.25, 0.3) is 6.47 Å². The van der Waals surface area contributed by atoms with Crippen LogP contribution in [0.4, 0.5) is 4.39 Å². The van der Waals surface area contributed by atoms with Gasteiger partial charge in [0, 0.05) is 6.42 Å². The van der Waals surface area contributed by atoms with Crippen LogP contribution in [0.5, 0.6) is 0 Å². The Morgan fingerprint density at radius 1 is 1.41 bits per heavy atom. The number of rotatable bonds is 5. The number of benzene rings is 1. The number of imidazole rings is 1. The van der Waals surface area contributed by atoms with E-state index in [0.717, 1.165) is 5.56 Å². The highest BCUT2D eigenvalue weighted by Gasteiger charge is 2.14. The van der Waals surface area contributed by atoms with Crippen molar-refractivity contribution in [2.24, 2.45) is 0 Å². The van der Waals surface area contributed by atoms with Crippen LogP contribution in [-0.2, 0) is 16.0 Å². The third-order valence-electron chi connectivity index (χ3n) is 2.42. The van der Waals surface area contributed by atoms with Crippen LogP contribution in [0.1, 0.15) is 17.4 Å². The summed E-state index contributed by atoms with van der Waals surface area (Å²) in [7, 11) is 0. The largest absolute Gasteiger partial charge is 0.458 e. The average molecular weight is 234 g/mol. The van der Waals surface area contributed by atoms with Gasteiger partial charge >= 0.3 is 0 Å². The van der Waals surface area contributed by atoms with Crippen LogP contribution in [0.15, 0.2) is 36.8 Å². The third kappa shape index (κ3) is 2.90. The second-order valence-corrected chi connectivity index (χ2v) is 3.56. The lowest BCUT2D eigenvalue weighted by Crippen LogP contribution is -2.07. The predicted octanol–water partition coefficient (Wildman–Crippen LogP) is 2.01. The van der Waals surface area contributed by atoms with Gasteiger partial charge in [-0.25, -0.2) is 9.37 Å². The smallest absolute Gasteiger partial charge is 0.293 e. The minimum Gasteiger partial charge on any atom is -0.458 e. The first-order valence-electron chi connectivity index (χ1n) is 5.11. The van der Waals surface area contributed by atoms with Gasteiger partial charge in [0.15, 0.2) is 0 Å². The Bertz CT molecular complexity index is 468. The molecule has 0 aliphatic rings. The molecule has 1 heterocycles. The molecule has 0 fully saturated rings. The number of H-pyrrole nitrogens is 1. The van der Waals surface area contributed by atoms with Gasteiger partial charge in [-0.3, -0.25) is 4.79 Å². The topological polar surface area (TPSA) is 55.0 Å². The molecule has 0 spiro atoms. The molecule has 0 aliphatic carbocycles. The number of halogens is 1. The number of ether oxygens (including phenoxy) is 1. The number of hydrogen-bond donors (Lipinski definition) is 1. The highest BCUT2D eigenvalue weighted by Crippen LogP contribution is 2.19. The van der Waals surface area contributed by atoms with E-state index in [1.807, 2.05) is 0 Å². The summed E-state index contributed by atoms with van der Waals surface area (Å²) >= 11 is 0. The number of carbonyl (C=O) groups excluding carboxylic acids is 1. The lowest BCUT2D eigenvalue weighted by Gasteiger charge is -2.13. The summed E-state index contributed by atoms with van der Waals surface area (Å²) in [6, 6.07) is 6.07. The highest BCUT2D eigenvalue weighted by atomic mass is 19.1. The number of carbonyl (C=O) groups is 1. The Balaban J connectivity index is 2.13. The zero-order valence-electron chi connectivity index (χ0n) is 8.97. The number of nitrogens with one attached hydrogen (secondary N) is 1. The molecule has 4 nitrogen and oxygen atoms in total. The summed E-state index contributed by atoms with van der Waals surface area (Å²) in [5.74, 6) is -0.289. The summed E-state index contributed by atoms with van der Waals surface area (Å²) < 4.78 is 17.7. The van der Waals surface area contributed by atoms with Crippen LogP contribution in [-0.4, -0.2) is 16.4 Å². The van der Waals surface area contributed by atoms with Gasteiger partial charge in [0.05, 0.1) is 18.2 Å². The summed E-state index contributed by atoms with van der Waals surface area (Å²) in [5.41, 5.74) is 1.59. The first-order chi connectivity index (χ1) is 8.29. The maximum Gasteiger partial charge on any atom is 0.293 e. The molecule has 0 saturated carbocycles. The Morgan fingerprint density at radius 2 is 2.18 bits per heavy atom. The fourth-order valence-electron chi connectivity index (χ4n) is 1.58. The summed E-state index contributed by atoms with van der Waals surface area (Å²) in [6.07, 6.45) is 3.15. The minimum atomic E-state index is -0.430. The predicted molar refractivity (Wildman–Crippen MR) is 58.6 cm³/mol. The number of aromatic amines is 1. The quantitative estimate of drug-likeness (QED) is 0.805. The molecule has 17 heavy (non-hydrogen) atoms. The average Bonchev–Trinajstić information content (AvgIpc) is 2.85. The molecule has 88 valence electrons. The molecule has 5 heteroatoms. The van der Waals surface area contributed by atoms with E-state index in [0.29, 0.717) is 18.6 Å². The summed E-state index contributed by atoms with van der Waals surface area (Å²) in [5, 5.41) is 0. The van der Waals surface area contributed by atoms with Gasteiger partial charge in [0.2, 0.25) is 0 Å². The van der Waals surface area contributed by atoms with Gasteiger partial charge < -0.3 is 9.72 Å². The van der Waals surface area contributed by atoms with E-state index in [1.54, 1.807) is 18.3 Å². The third-order valence-corrected chi connectivity index (χ3v) is 2.42. The van der Waals surface area contributed by atoms with Gasteiger partial charge in [-0.2, -0.15) is 0 Å². The molecule has 0 amide bonds. The van der Waals surface area contributed by atoms with Crippen molar-refractivity contribution in [2.75, 3.05) is 0 Å². The van der Waals surface area contributed by atoms with E-state index in [-0.39, 0.29) is 5.82 Å². The molecule has 0 bridgehead atoms. The SMILES string of the molecule is O=COC(Cc1ccc(F)cc1)c1cnc[nH]1.